The van der Waals surface area contributed by atoms with E-state index in [9.17, 15) is 9.59 Å². The van der Waals surface area contributed by atoms with Crippen molar-refractivity contribution in [2.45, 2.75) is 33.1 Å². The van der Waals surface area contributed by atoms with Crippen LogP contribution in [0.4, 0.5) is 0 Å². The topological polar surface area (TPSA) is 101 Å². The molecule has 1 aromatic rings. The van der Waals surface area contributed by atoms with Crippen LogP contribution in [0.3, 0.4) is 0 Å². The Balaban J connectivity index is 0.00000441. The lowest BCUT2D eigenvalue weighted by Crippen LogP contribution is -3.00. The molecule has 0 spiro atoms. The number of carbonyl (C=O) groups excluding carboxylic acids is 2. The number of esters is 2. The SMILES string of the molecule is CCOC(=O)CCc1c(CC(=O)OCC)c[nH]c1/C=N/O.[Cl-]. The van der Waals surface area contributed by atoms with Crippen LogP contribution in [0.15, 0.2) is 11.4 Å². The van der Waals surface area contributed by atoms with E-state index in [2.05, 4.69) is 10.1 Å². The number of oxime groups is 1. The molecule has 0 saturated carbocycles. The molecule has 0 bridgehead atoms. The summed E-state index contributed by atoms with van der Waals surface area (Å²) in [6.07, 6.45) is 3.55. The molecule has 1 heterocycles. The minimum Gasteiger partial charge on any atom is -1.00 e. The van der Waals surface area contributed by atoms with Crippen molar-refractivity contribution in [3.8, 4) is 0 Å². The molecule has 7 nitrogen and oxygen atoms in total. The molecule has 22 heavy (non-hydrogen) atoms. The molecule has 1 aromatic heterocycles. The number of H-pyrrole nitrogens is 1. The van der Waals surface area contributed by atoms with E-state index in [1.54, 1.807) is 20.0 Å². The van der Waals surface area contributed by atoms with Crippen molar-refractivity contribution in [1.29, 1.82) is 0 Å². The molecule has 0 aliphatic heterocycles. The van der Waals surface area contributed by atoms with Gasteiger partial charge >= 0.3 is 11.9 Å². The largest absolute Gasteiger partial charge is 1.00 e. The summed E-state index contributed by atoms with van der Waals surface area (Å²) < 4.78 is 9.78. The predicted molar refractivity (Wildman–Crippen MR) is 75.5 cm³/mol. The quantitative estimate of drug-likeness (QED) is 0.259. The number of nitrogens with zero attached hydrogens (tertiary/aromatic N) is 1. The zero-order valence-corrected chi connectivity index (χ0v) is 13.4. The Morgan fingerprint density at radius 3 is 2.50 bits per heavy atom. The molecule has 0 aliphatic rings. The van der Waals surface area contributed by atoms with Crippen molar-refractivity contribution in [2.24, 2.45) is 5.16 Å². The molecular weight excluding hydrogens is 312 g/mol. The van der Waals surface area contributed by atoms with Crippen LogP contribution in [0.1, 0.15) is 37.1 Å². The van der Waals surface area contributed by atoms with Gasteiger partial charge in [0.2, 0.25) is 0 Å². The second-order valence-corrected chi connectivity index (χ2v) is 4.24. The molecule has 2 N–H and O–H groups in total. The van der Waals surface area contributed by atoms with E-state index >= 15 is 0 Å². The van der Waals surface area contributed by atoms with Crippen molar-refractivity contribution in [3.05, 3.63) is 23.0 Å². The Morgan fingerprint density at radius 2 is 1.91 bits per heavy atom. The van der Waals surface area contributed by atoms with Crippen LogP contribution in [-0.4, -0.2) is 41.6 Å². The summed E-state index contributed by atoms with van der Waals surface area (Å²) in [7, 11) is 0. The molecule has 8 heteroatoms. The molecule has 0 atom stereocenters. The first kappa shape index (κ1) is 20.0. The Kier molecular flexibility index (Phi) is 9.69. The molecule has 1 rings (SSSR count). The third kappa shape index (κ3) is 6.17. The second kappa shape index (κ2) is 10.7. The van der Waals surface area contributed by atoms with Gasteiger partial charge in [0.25, 0.3) is 0 Å². The molecule has 0 saturated heterocycles. The summed E-state index contributed by atoms with van der Waals surface area (Å²) in [4.78, 5) is 25.9. The normalized spacial score (nSPS) is 10.3. The van der Waals surface area contributed by atoms with Crippen LogP contribution >= 0.6 is 0 Å². The smallest absolute Gasteiger partial charge is 0.310 e. The molecule has 0 unspecified atom stereocenters. The molecule has 0 amide bonds. The number of carbonyl (C=O) groups is 2. The summed E-state index contributed by atoms with van der Waals surface area (Å²) >= 11 is 0. The van der Waals surface area contributed by atoms with E-state index in [-0.39, 0.29) is 37.2 Å². The second-order valence-electron chi connectivity index (χ2n) is 4.24. The number of hydrogen-bond donors (Lipinski definition) is 2. The van der Waals surface area contributed by atoms with Crippen molar-refractivity contribution in [2.75, 3.05) is 13.2 Å². The van der Waals surface area contributed by atoms with Gasteiger partial charge in [0, 0.05) is 12.6 Å². The van der Waals surface area contributed by atoms with E-state index < -0.39 is 0 Å². The lowest BCUT2D eigenvalue weighted by atomic mass is 10.0. The summed E-state index contributed by atoms with van der Waals surface area (Å²) in [5.74, 6) is -0.658. The summed E-state index contributed by atoms with van der Waals surface area (Å²) in [6, 6.07) is 0. The zero-order valence-electron chi connectivity index (χ0n) is 12.6. The lowest BCUT2D eigenvalue weighted by Gasteiger charge is -2.06. The summed E-state index contributed by atoms with van der Waals surface area (Å²) in [5.41, 5.74) is 2.02. The van der Waals surface area contributed by atoms with Gasteiger partial charge in [0.1, 0.15) is 0 Å². The fraction of sp³-hybridized carbons (Fsp3) is 0.500. The Morgan fingerprint density at radius 1 is 1.27 bits per heavy atom. The van der Waals surface area contributed by atoms with Gasteiger partial charge in [-0.1, -0.05) is 5.16 Å². The number of ether oxygens (including phenoxy) is 2. The maximum absolute atomic E-state index is 11.6. The Labute approximate surface area is 135 Å². The lowest BCUT2D eigenvalue weighted by molar-refractivity contribution is -0.143. The minimum atomic E-state index is -0.346. The summed E-state index contributed by atoms with van der Waals surface area (Å²) in [5, 5.41) is 11.6. The van der Waals surface area contributed by atoms with E-state index in [1.807, 2.05) is 0 Å². The van der Waals surface area contributed by atoms with E-state index in [0.717, 1.165) is 5.56 Å². The fourth-order valence-corrected chi connectivity index (χ4v) is 1.97. The van der Waals surface area contributed by atoms with Crippen LogP contribution in [0.2, 0.25) is 0 Å². The first-order valence-electron chi connectivity index (χ1n) is 6.80. The van der Waals surface area contributed by atoms with Crippen LogP contribution in [0.25, 0.3) is 0 Å². The monoisotopic (exact) mass is 331 g/mol. The van der Waals surface area contributed by atoms with Crippen molar-refractivity contribution in [3.63, 3.8) is 0 Å². The van der Waals surface area contributed by atoms with Crippen molar-refractivity contribution < 1.29 is 36.7 Å². The minimum absolute atomic E-state index is 0. The third-order valence-electron chi connectivity index (χ3n) is 2.83. The first-order valence-corrected chi connectivity index (χ1v) is 6.80. The average molecular weight is 332 g/mol. The maximum atomic E-state index is 11.6. The molecule has 124 valence electrons. The van der Waals surface area contributed by atoms with Gasteiger partial charge in [-0.15, -0.1) is 0 Å². The zero-order chi connectivity index (χ0) is 15.7. The number of nitrogens with one attached hydrogen (secondary N) is 1. The average Bonchev–Trinajstić information content (AvgIpc) is 2.80. The van der Waals surface area contributed by atoms with Crippen LogP contribution in [0, 0.1) is 0 Å². The molecule has 0 radical (unpaired) electrons. The van der Waals surface area contributed by atoms with E-state index in [1.165, 1.54) is 6.21 Å². The molecule has 0 fully saturated rings. The third-order valence-corrected chi connectivity index (χ3v) is 2.83. The molecule has 0 aliphatic carbocycles. The first-order chi connectivity index (χ1) is 10.1. The van der Waals surface area contributed by atoms with Crippen LogP contribution < -0.4 is 12.4 Å². The predicted octanol–water partition coefficient (Wildman–Crippen LogP) is -1.57. The van der Waals surface area contributed by atoms with Gasteiger partial charge in [-0.05, 0) is 31.4 Å². The molecular formula is C14H20ClN2O5-. The van der Waals surface area contributed by atoms with Gasteiger partial charge in [-0.2, -0.15) is 0 Å². The van der Waals surface area contributed by atoms with Gasteiger partial charge in [-0.3, -0.25) is 9.59 Å². The highest BCUT2D eigenvalue weighted by molar-refractivity contribution is 5.82. The number of aromatic amines is 1. The van der Waals surface area contributed by atoms with Gasteiger partial charge in [0.05, 0.1) is 31.5 Å². The number of hydrogen-bond acceptors (Lipinski definition) is 6. The Hall–Kier alpha value is -2.02. The number of halogens is 1. The van der Waals surface area contributed by atoms with Crippen molar-refractivity contribution >= 4 is 18.2 Å². The maximum Gasteiger partial charge on any atom is 0.310 e. The highest BCUT2D eigenvalue weighted by Crippen LogP contribution is 2.17. The Bertz CT molecular complexity index is 513. The van der Waals surface area contributed by atoms with Crippen LogP contribution in [-0.2, 0) is 31.9 Å². The summed E-state index contributed by atoms with van der Waals surface area (Å²) in [6.45, 7) is 4.11. The standard InChI is InChI=1S/C14H20N2O5.ClH/c1-3-20-13(17)6-5-11-10(7-14(18)21-4-2)8-15-12(11)9-16-19;/h8-9,15,19H,3-7H2,1-2H3;1H/p-1/b16-9+;. The van der Waals surface area contributed by atoms with E-state index in [4.69, 9.17) is 14.7 Å². The number of rotatable bonds is 8. The fourth-order valence-electron chi connectivity index (χ4n) is 1.97. The van der Waals surface area contributed by atoms with Gasteiger partial charge in [0.15, 0.2) is 0 Å². The van der Waals surface area contributed by atoms with Gasteiger partial charge in [-0.25, -0.2) is 0 Å². The number of aromatic nitrogens is 1. The highest BCUT2D eigenvalue weighted by Gasteiger charge is 2.15. The van der Waals surface area contributed by atoms with Crippen LogP contribution in [0.5, 0.6) is 0 Å². The highest BCUT2D eigenvalue weighted by atomic mass is 35.5. The van der Waals surface area contributed by atoms with Crippen molar-refractivity contribution in [1.82, 2.24) is 4.98 Å². The van der Waals surface area contributed by atoms with E-state index in [0.29, 0.717) is 30.9 Å². The van der Waals surface area contributed by atoms with Gasteiger partial charge < -0.3 is 32.1 Å². The molecule has 0 aromatic carbocycles.